The van der Waals surface area contributed by atoms with Gasteiger partial charge in [0.2, 0.25) is 0 Å². The fraction of sp³-hybridized carbons (Fsp3) is 0.800. The maximum absolute atomic E-state index is 8.92. The van der Waals surface area contributed by atoms with Crippen molar-refractivity contribution in [3.8, 4) is 0 Å². The largest absolute Gasteiger partial charge is 0.393 e. The highest BCUT2D eigenvalue weighted by Crippen LogP contribution is 2.00. The van der Waals surface area contributed by atoms with E-state index in [2.05, 4.69) is 19.1 Å². The van der Waals surface area contributed by atoms with Crippen molar-refractivity contribution in [3.05, 3.63) is 12.2 Å². The highest BCUT2D eigenvalue weighted by Gasteiger charge is 1.90. The SMILES string of the molecule is CCCCC=CCCC(C)O. The van der Waals surface area contributed by atoms with Crippen LogP contribution in [0, 0.1) is 0 Å². The summed E-state index contributed by atoms with van der Waals surface area (Å²) in [5, 5.41) is 8.92. The van der Waals surface area contributed by atoms with E-state index >= 15 is 0 Å². The quantitative estimate of drug-likeness (QED) is 0.463. The van der Waals surface area contributed by atoms with Crippen LogP contribution in [0.25, 0.3) is 0 Å². The summed E-state index contributed by atoms with van der Waals surface area (Å²) in [7, 11) is 0. The molecular weight excluding hydrogens is 136 g/mol. The molecule has 0 aliphatic heterocycles. The molecule has 0 aromatic heterocycles. The first-order valence-corrected chi connectivity index (χ1v) is 4.60. The summed E-state index contributed by atoms with van der Waals surface area (Å²) in [6.07, 6.45) is 9.88. The molecule has 1 atom stereocenters. The Morgan fingerprint density at radius 1 is 1.27 bits per heavy atom. The molecule has 0 saturated heterocycles. The monoisotopic (exact) mass is 156 g/mol. The average Bonchev–Trinajstić information content (AvgIpc) is 1.96. The molecule has 0 fully saturated rings. The van der Waals surface area contributed by atoms with Crippen LogP contribution in [-0.4, -0.2) is 11.2 Å². The lowest BCUT2D eigenvalue weighted by Gasteiger charge is -1.98. The van der Waals surface area contributed by atoms with E-state index in [1.165, 1.54) is 19.3 Å². The zero-order valence-electron chi connectivity index (χ0n) is 7.71. The molecule has 0 aliphatic rings. The highest BCUT2D eigenvalue weighted by molar-refractivity contribution is 4.81. The third-order valence-electron chi connectivity index (χ3n) is 1.64. The van der Waals surface area contributed by atoms with Gasteiger partial charge in [-0.25, -0.2) is 0 Å². The Labute approximate surface area is 70.1 Å². The minimum atomic E-state index is -0.147. The summed E-state index contributed by atoms with van der Waals surface area (Å²) in [5.41, 5.74) is 0. The first kappa shape index (κ1) is 10.7. The van der Waals surface area contributed by atoms with Crippen LogP contribution in [0.5, 0.6) is 0 Å². The molecule has 0 aromatic rings. The first-order valence-electron chi connectivity index (χ1n) is 4.60. The molecule has 0 heterocycles. The second kappa shape index (κ2) is 7.80. The van der Waals surface area contributed by atoms with E-state index in [1.807, 2.05) is 6.92 Å². The van der Waals surface area contributed by atoms with Crippen molar-refractivity contribution in [2.24, 2.45) is 0 Å². The number of hydrogen-bond acceptors (Lipinski definition) is 1. The molecular formula is C10H20O. The smallest absolute Gasteiger partial charge is 0.0515 e. The number of hydrogen-bond donors (Lipinski definition) is 1. The van der Waals surface area contributed by atoms with Gasteiger partial charge in [-0.3, -0.25) is 0 Å². The lowest BCUT2D eigenvalue weighted by Crippen LogP contribution is -1.96. The molecule has 66 valence electrons. The Hall–Kier alpha value is -0.300. The molecule has 11 heavy (non-hydrogen) atoms. The van der Waals surface area contributed by atoms with Gasteiger partial charge >= 0.3 is 0 Å². The van der Waals surface area contributed by atoms with Crippen LogP contribution < -0.4 is 0 Å². The highest BCUT2D eigenvalue weighted by atomic mass is 16.3. The third kappa shape index (κ3) is 9.70. The van der Waals surface area contributed by atoms with Crippen LogP contribution in [0.15, 0.2) is 12.2 Å². The average molecular weight is 156 g/mol. The summed E-state index contributed by atoms with van der Waals surface area (Å²) in [6.45, 7) is 4.03. The molecule has 0 aliphatic carbocycles. The van der Waals surface area contributed by atoms with Gasteiger partial charge in [-0.2, -0.15) is 0 Å². The molecule has 0 spiro atoms. The van der Waals surface area contributed by atoms with Crippen LogP contribution in [0.4, 0.5) is 0 Å². The van der Waals surface area contributed by atoms with Crippen LogP contribution >= 0.6 is 0 Å². The van der Waals surface area contributed by atoms with Gasteiger partial charge < -0.3 is 5.11 Å². The normalized spacial score (nSPS) is 14.1. The van der Waals surface area contributed by atoms with Gasteiger partial charge in [0.25, 0.3) is 0 Å². The van der Waals surface area contributed by atoms with Crippen molar-refractivity contribution >= 4 is 0 Å². The predicted molar refractivity (Wildman–Crippen MR) is 49.6 cm³/mol. The maximum Gasteiger partial charge on any atom is 0.0515 e. The second-order valence-corrected chi connectivity index (χ2v) is 3.04. The van der Waals surface area contributed by atoms with E-state index in [4.69, 9.17) is 5.11 Å². The first-order chi connectivity index (χ1) is 5.27. The van der Waals surface area contributed by atoms with E-state index < -0.39 is 0 Å². The predicted octanol–water partition coefficient (Wildman–Crippen LogP) is 2.89. The van der Waals surface area contributed by atoms with Crippen molar-refractivity contribution < 1.29 is 5.11 Å². The maximum atomic E-state index is 8.92. The summed E-state index contributed by atoms with van der Waals surface area (Å²) >= 11 is 0. The van der Waals surface area contributed by atoms with Gasteiger partial charge in [0, 0.05) is 0 Å². The number of unbranched alkanes of at least 4 members (excludes halogenated alkanes) is 2. The Morgan fingerprint density at radius 3 is 2.45 bits per heavy atom. The fourth-order valence-electron chi connectivity index (χ4n) is 0.895. The minimum absolute atomic E-state index is 0.147. The summed E-state index contributed by atoms with van der Waals surface area (Å²) in [6, 6.07) is 0. The van der Waals surface area contributed by atoms with Crippen molar-refractivity contribution in [2.45, 2.75) is 52.1 Å². The Balaban J connectivity index is 3.03. The third-order valence-corrected chi connectivity index (χ3v) is 1.64. The van der Waals surface area contributed by atoms with Gasteiger partial charge in [-0.05, 0) is 26.2 Å². The zero-order valence-corrected chi connectivity index (χ0v) is 7.71. The number of rotatable bonds is 6. The van der Waals surface area contributed by atoms with Crippen molar-refractivity contribution in [1.29, 1.82) is 0 Å². The Kier molecular flexibility index (Phi) is 7.59. The molecule has 0 bridgehead atoms. The molecule has 1 heteroatoms. The summed E-state index contributed by atoms with van der Waals surface area (Å²) in [5.74, 6) is 0. The van der Waals surface area contributed by atoms with E-state index in [1.54, 1.807) is 0 Å². The van der Waals surface area contributed by atoms with Crippen LogP contribution in [-0.2, 0) is 0 Å². The summed E-state index contributed by atoms with van der Waals surface area (Å²) < 4.78 is 0. The standard InChI is InChI=1S/C10H20O/c1-3-4-5-6-7-8-9-10(2)11/h6-7,10-11H,3-5,8-9H2,1-2H3. The van der Waals surface area contributed by atoms with Crippen molar-refractivity contribution in [3.63, 3.8) is 0 Å². The molecule has 0 aromatic carbocycles. The van der Waals surface area contributed by atoms with E-state index in [0.717, 1.165) is 12.8 Å². The van der Waals surface area contributed by atoms with Crippen LogP contribution in [0.1, 0.15) is 46.0 Å². The fourth-order valence-corrected chi connectivity index (χ4v) is 0.895. The van der Waals surface area contributed by atoms with E-state index in [9.17, 15) is 0 Å². The van der Waals surface area contributed by atoms with Gasteiger partial charge in [0.05, 0.1) is 6.10 Å². The minimum Gasteiger partial charge on any atom is -0.393 e. The van der Waals surface area contributed by atoms with Gasteiger partial charge in [0.1, 0.15) is 0 Å². The number of aliphatic hydroxyl groups is 1. The van der Waals surface area contributed by atoms with Crippen molar-refractivity contribution in [1.82, 2.24) is 0 Å². The summed E-state index contributed by atoms with van der Waals surface area (Å²) in [4.78, 5) is 0. The molecule has 0 saturated carbocycles. The number of allylic oxidation sites excluding steroid dienone is 2. The topological polar surface area (TPSA) is 20.2 Å². The molecule has 1 N–H and O–H groups in total. The van der Waals surface area contributed by atoms with Gasteiger partial charge in [-0.1, -0.05) is 31.9 Å². The number of aliphatic hydroxyl groups excluding tert-OH is 1. The van der Waals surface area contributed by atoms with Gasteiger partial charge in [-0.15, -0.1) is 0 Å². The second-order valence-electron chi connectivity index (χ2n) is 3.04. The van der Waals surface area contributed by atoms with Crippen molar-refractivity contribution in [2.75, 3.05) is 0 Å². The molecule has 0 rings (SSSR count). The Bertz CT molecular complexity index is 95.0. The van der Waals surface area contributed by atoms with Crippen LogP contribution in [0.2, 0.25) is 0 Å². The lowest BCUT2D eigenvalue weighted by molar-refractivity contribution is 0.186. The lowest BCUT2D eigenvalue weighted by atomic mass is 10.2. The molecule has 1 unspecified atom stereocenters. The molecule has 0 radical (unpaired) electrons. The zero-order chi connectivity index (χ0) is 8.53. The van der Waals surface area contributed by atoms with Gasteiger partial charge in [0.15, 0.2) is 0 Å². The van der Waals surface area contributed by atoms with Crippen LogP contribution in [0.3, 0.4) is 0 Å². The molecule has 1 nitrogen and oxygen atoms in total. The van der Waals surface area contributed by atoms with E-state index in [0.29, 0.717) is 0 Å². The Morgan fingerprint density at radius 2 is 1.91 bits per heavy atom. The van der Waals surface area contributed by atoms with E-state index in [-0.39, 0.29) is 6.10 Å². The molecule has 0 amide bonds.